The summed E-state index contributed by atoms with van der Waals surface area (Å²) in [5.41, 5.74) is 4.00. The molecule has 0 spiro atoms. The molecule has 0 bridgehead atoms. The third-order valence-corrected chi connectivity index (χ3v) is 4.80. The Balaban J connectivity index is 1.66. The van der Waals surface area contributed by atoms with Crippen molar-refractivity contribution in [2.75, 3.05) is 7.05 Å². The van der Waals surface area contributed by atoms with Crippen LogP contribution in [0.2, 0.25) is 0 Å². The number of aryl methyl sites for hydroxylation is 1. The maximum Gasteiger partial charge on any atom is 0.271 e. The Morgan fingerprint density at radius 1 is 1.08 bits per heavy atom. The second-order valence-corrected chi connectivity index (χ2v) is 6.72. The summed E-state index contributed by atoms with van der Waals surface area (Å²) in [7, 11) is 1.59. The maximum absolute atomic E-state index is 12.3. The second-order valence-electron chi connectivity index (χ2n) is 5.87. The van der Waals surface area contributed by atoms with Crippen LogP contribution in [0.3, 0.4) is 0 Å². The van der Waals surface area contributed by atoms with Gasteiger partial charge in [-0.05, 0) is 24.6 Å². The minimum absolute atomic E-state index is 0.152. The number of hydrogen-bond acceptors (Lipinski definition) is 4. The number of thiazole rings is 1. The molecular formula is C20H19N3O2S. The molecule has 0 unspecified atom stereocenters. The van der Waals surface area contributed by atoms with E-state index in [2.05, 4.69) is 15.6 Å². The smallest absolute Gasteiger partial charge is 0.271 e. The summed E-state index contributed by atoms with van der Waals surface area (Å²) < 4.78 is 0. The fraction of sp³-hybridized carbons (Fsp3) is 0.150. The van der Waals surface area contributed by atoms with E-state index in [1.807, 2.05) is 37.3 Å². The lowest BCUT2D eigenvalue weighted by molar-refractivity contribution is 0.0945. The van der Waals surface area contributed by atoms with Gasteiger partial charge in [0.1, 0.15) is 10.7 Å². The van der Waals surface area contributed by atoms with Crippen LogP contribution in [0, 0.1) is 6.92 Å². The van der Waals surface area contributed by atoms with Crippen molar-refractivity contribution >= 4 is 23.2 Å². The zero-order valence-corrected chi connectivity index (χ0v) is 15.4. The maximum atomic E-state index is 12.3. The number of aromatic nitrogens is 1. The quantitative estimate of drug-likeness (QED) is 0.728. The molecule has 3 aromatic rings. The van der Waals surface area contributed by atoms with Crippen molar-refractivity contribution in [3.8, 4) is 10.6 Å². The standard InChI is InChI=1S/C20H19N3O2S/c1-13-6-8-15(9-7-13)20-23-17(12-26-20)19(25)22-11-14-4-3-5-16(10-14)18(24)21-2/h3-10,12H,11H2,1-2H3,(H,21,24)(H,22,25). The molecule has 0 saturated heterocycles. The summed E-state index contributed by atoms with van der Waals surface area (Å²) in [5.74, 6) is -0.384. The summed E-state index contributed by atoms with van der Waals surface area (Å²) in [4.78, 5) is 28.4. The summed E-state index contributed by atoms with van der Waals surface area (Å²) in [5, 5.41) is 8.00. The van der Waals surface area contributed by atoms with E-state index in [-0.39, 0.29) is 11.8 Å². The molecule has 0 radical (unpaired) electrons. The van der Waals surface area contributed by atoms with Crippen LogP contribution in [0.4, 0.5) is 0 Å². The van der Waals surface area contributed by atoms with Crippen molar-refractivity contribution in [3.63, 3.8) is 0 Å². The highest BCUT2D eigenvalue weighted by molar-refractivity contribution is 7.13. The minimum atomic E-state index is -0.232. The first-order valence-electron chi connectivity index (χ1n) is 8.18. The van der Waals surface area contributed by atoms with Crippen molar-refractivity contribution < 1.29 is 9.59 Å². The Labute approximate surface area is 156 Å². The van der Waals surface area contributed by atoms with E-state index < -0.39 is 0 Å². The first-order chi connectivity index (χ1) is 12.6. The Kier molecular flexibility index (Phi) is 5.43. The normalized spacial score (nSPS) is 10.4. The third kappa shape index (κ3) is 4.15. The molecule has 6 heteroatoms. The van der Waals surface area contributed by atoms with Crippen LogP contribution in [0.5, 0.6) is 0 Å². The molecule has 2 aromatic carbocycles. The van der Waals surface area contributed by atoms with Crippen molar-refractivity contribution in [2.24, 2.45) is 0 Å². The minimum Gasteiger partial charge on any atom is -0.355 e. The molecule has 0 aliphatic heterocycles. The zero-order valence-electron chi connectivity index (χ0n) is 14.6. The molecule has 2 amide bonds. The van der Waals surface area contributed by atoms with Gasteiger partial charge in [0.2, 0.25) is 0 Å². The third-order valence-electron chi connectivity index (χ3n) is 3.90. The number of amides is 2. The first kappa shape index (κ1) is 17.8. The van der Waals surface area contributed by atoms with Gasteiger partial charge in [-0.3, -0.25) is 9.59 Å². The SMILES string of the molecule is CNC(=O)c1cccc(CNC(=O)c2csc(-c3ccc(C)cc3)n2)c1. The topological polar surface area (TPSA) is 71.1 Å². The summed E-state index contributed by atoms with van der Waals surface area (Å²) in [6.45, 7) is 2.37. The van der Waals surface area contributed by atoms with Crippen molar-refractivity contribution in [2.45, 2.75) is 13.5 Å². The fourth-order valence-corrected chi connectivity index (χ4v) is 3.25. The van der Waals surface area contributed by atoms with Gasteiger partial charge in [-0.2, -0.15) is 0 Å². The number of carbonyl (C=O) groups is 2. The van der Waals surface area contributed by atoms with Crippen LogP contribution in [-0.2, 0) is 6.54 Å². The molecule has 0 aliphatic carbocycles. The molecule has 3 rings (SSSR count). The lowest BCUT2D eigenvalue weighted by atomic mass is 10.1. The van der Waals surface area contributed by atoms with Crippen LogP contribution >= 0.6 is 11.3 Å². The Morgan fingerprint density at radius 2 is 1.85 bits per heavy atom. The summed E-state index contributed by atoms with van der Waals surface area (Å²) in [6.07, 6.45) is 0. The van der Waals surface area contributed by atoms with Crippen LogP contribution in [0.25, 0.3) is 10.6 Å². The van der Waals surface area contributed by atoms with Gasteiger partial charge in [0, 0.05) is 30.1 Å². The van der Waals surface area contributed by atoms with E-state index in [0.29, 0.717) is 17.8 Å². The monoisotopic (exact) mass is 365 g/mol. The molecule has 0 saturated carbocycles. The average Bonchev–Trinajstić information content (AvgIpc) is 3.16. The summed E-state index contributed by atoms with van der Waals surface area (Å²) in [6, 6.07) is 15.2. The van der Waals surface area contributed by atoms with Gasteiger partial charge in [-0.25, -0.2) is 4.98 Å². The Hall–Kier alpha value is -2.99. The van der Waals surface area contributed by atoms with Crippen LogP contribution in [-0.4, -0.2) is 23.8 Å². The summed E-state index contributed by atoms with van der Waals surface area (Å²) >= 11 is 1.44. The molecule has 1 heterocycles. The van der Waals surface area contributed by atoms with Crippen molar-refractivity contribution in [3.05, 3.63) is 76.3 Å². The lowest BCUT2D eigenvalue weighted by Crippen LogP contribution is -2.23. The molecule has 26 heavy (non-hydrogen) atoms. The van der Waals surface area contributed by atoms with Crippen molar-refractivity contribution in [1.82, 2.24) is 15.6 Å². The van der Waals surface area contributed by atoms with Crippen molar-refractivity contribution in [1.29, 1.82) is 0 Å². The van der Waals surface area contributed by atoms with Crippen LogP contribution in [0.15, 0.2) is 53.9 Å². The van der Waals surface area contributed by atoms with Crippen LogP contribution < -0.4 is 10.6 Å². The van der Waals surface area contributed by atoms with E-state index in [9.17, 15) is 9.59 Å². The van der Waals surface area contributed by atoms with Gasteiger partial charge in [-0.15, -0.1) is 11.3 Å². The number of nitrogens with one attached hydrogen (secondary N) is 2. The zero-order chi connectivity index (χ0) is 18.5. The van der Waals surface area contributed by atoms with Gasteiger partial charge < -0.3 is 10.6 Å². The highest BCUT2D eigenvalue weighted by Gasteiger charge is 2.12. The Morgan fingerprint density at radius 3 is 2.58 bits per heavy atom. The lowest BCUT2D eigenvalue weighted by Gasteiger charge is -2.06. The van der Waals surface area contributed by atoms with Gasteiger partial charge in [-0.1, -0.05) is 42.0 Å². The molecule has 2 N–H and O–H groups in total. The predicted molar refractivity (Wildman–Crippen MR) is 103 cm³/mol. The number of hydrogen-bond donors (Lipinski definition) is 2. The van der Waals surface area contributed by atoms with Gasteiger partial charge in [0.05, 0.1) is 0 Å². The number of rotatable bonds is 5. The molecule has 5 nitrogen and oxygen atoms in total. The van der Waals surface area contributed by atoms with Gasteiger partial charge in [0.15, 0.2) is 0 Å². The molecule has 132 valence electrons. The molecular weight excluding hydrogens is 346 g/mol. The Bertz CT molecular complexity index is 932. The largest absolute Gasteiger partial charge is 0.355 e. The van der Waals surface area contributed by atoms with E-state index >= 15 is 0 Å². The van der Waals surface area contributed by atoms with Gasteiger partial charge in [0.25, 0.3) is 11.8 Å². The van der Waals surface area contributed by atoms with Gasteiger partial charge >= 0.3 is 0 Å². The number of benzene rings is 2. The van der Waals surface area contributed by atoms with E-state index in [4.69, 9.17) is 0 Å². The first-order valence-corrected chi connectivity index (χ1v) is 9.06. The fourth-order valence-electron chi connectivity index (χ4n) is 2.45. The van der Waals surface area contributed by atoms with E-state index in [1.165, 1.54) is 16.9 Å². The predicted octanol–water partition coefficient (Wildman–Crippen LogP) is 3.41. The molecule has 0 fully saturated rings. The molecule has 0 aliphatic rings. The highest BCUT2D eigenvalue weighted by atomic mass is 32.1. The average molecular weight is 365 g/mol. The highest BCUT2D eigenvalue weighted by Crippen LogP contribution is 2.24. The molecule has 1 aromatic heterocycles. The van der Waals surface area contributed by atoms with E-state index in [0.717, 1.165) is 16.1 Å². The number of nitrogens with zero attached hydrogens (tertiary/aromatic N) is 1. The second kappa shape index (κ2) is 7.93. The molecule has 0 atom stereocenters. The van der Waals surface area contributed by atoms with E-state index in [1.54, 1.807) is 30.6 Å². The number of carbonyl (C=O) groups excluding carboxylic acids is 2. The van der Waals surface area contributed by atoms with Crippen LogP contribution in [0.1, 0.15) is 32.0 Å².